The van der Waals surface area contributed by atoms with Crippen molar-refractivity contribution >= 4 is 28.8 Å². The van der Waals surface area contributed by atoms with Gasteiger partial charge in [-0.1, -0.05) is 12.1 Å². The van der Waals surface area contributed by atoms with Crippen LogP contribution in [0.15, 0.2) is 24.3 Å². The molecule has 2 N–H and O–H groups in total. The van der Waals surface area contributed by atoms with Crippen LogP contribution in [-0.2, 0) is 27.1 Å². The molecule has 1 aromatic heterocycles. The quantitative estimate of drug-likeness (QED) is 0.748. The number of imidazole rings is 1. The number of benzene rings is 1. The highest BCUT2D eigenvalue weighted by atomic mass is 19.4. The number of fused-ring (bicyclic) bond motifs is 1. The summed E-state index contributed by atoms with van der Waals surface area (Å²) < 4.78 is 40.6. The molecule has 0 saturated carbocycles. The summed E-state index contributed by atoms with van der Waals surface area (Å²) in [6.07, 6.45) is -3.53. The van der Waals surface area contributed by atoms with Crippen LogP contribution in [-0.4, -0.2) is 45.3 Å². The molecule has 29 heavy (non-hydrogen) atoms. The largest absolute Gasteiger partial charge is 0.449 e. The van der Waals surface area contributed by atoms with Crippen molar-refractivity contribution in [1.29, 1.82) is 0 Å². The summed E-state index contributed by atoms with van der Waals surface area (Å²) >= 11 is 0. The number of halogens is 3. The minimum absolute atomic E-state index is 0.114. The first-order chi connectivity index (χ1) is 13.7. The Morgan fingerprint density at radius 1 is 1.21 bits per heavy atom. The van der Waals surface area contributed by atoms with Gasteiger partial charge in [0.15, 0.2) is 0 Å². The molecule has 0 radical (unpaired) electrons. The Balaban J connectivity index is 1.65. The van der Waals surface area contributed by atoms with Crippen LogP contribution in [0.5, 0.6) is 0 Å². The number of para-hydroxylation sites is 2. The fraction of sp³-hybridized carbons (Fsp3) is 0.444. The van der Waals surface area contributed by atoms with Crippen molar-refractivity contribution in [2.75, 3.05) is 13.1 Å². The zero-order valence-corrected chi connectivity index (χ0v) is 15.6. The van der Waals surface area contributed by atoms with Gasteiger partial charge in [0.1, 0.15) is 6.54 Å². The molecule has 0 unspecified atom stereocenters. The van der Waals surface area contributed by atoms with Crippen LogP contribution in [0.4, 0.5) is 13.2 Å². The number of nitrogens with one attached hydrogen (secondary N) is 2. The maximum Gasteiger partial charge on any atom is 0.449 e. The third-order valence-corrected chi connectivity index (χ3v) is 4.77. The molecule has 2 aromatic rings. The second-order valence-corrected chi connectivity index (χ2v) is 6.85. The average molecular weight is 411 g/mol. The van der Waals surface area contributed by atoms with Gasteiger partial charge in [-0.2, -0.15) is 13.2 Å². The number of hydrazine groups is 1. The smallest absolute Gasteiger partial charge is 0.342 e. The minimum Gasteiger partial charge on any atom is -0.342 e. The fourth-order valence-electron chi connectivity index (χ4n) is 3.35. The lowest BCUT2D eigenvalue weighted by Gasteiger charge is -2.31. The Morgan fingerprint density at radius 2 is 1.93 bits per heavy atom. The van der Waals surface area contributed by atoms with Gasteiger partial charge in [0.05, 0.1) is 17.0 Å². The molecule has 3 amide bonds. The monoisotopic (exact) mass is 411 g/mol. The molecular formula is C18H20F3N5O3. The number of hydrogen-bond donors (Lipinski definition) is 2. The Labute approximate surface area is 164 Å². The molecule has 0 spiro atoms. The molecular weight excluding hydrogens is 391 g/mol. The van der Waals surface area contributed by atoms with E-state index < -0.39 is 36.3 Å². The van der Waals surface area contributed by atoms with E-state index in [-0.39, 0.29) is 23.5 Å². The number of carbonyl (C=O) groups excluding carboxylic acids is 3. The minimum atomic E-state index is -4.74. The molecule has 156 valence electrons. The third kappa shape index (κ3) is 4.66. The number of likely N-dealkylation sites (tertiary alicyclic amines) is 1. The SMILES string of the molecule is CC(=O)N1CCC[C@@H](C(=O)NNC(=O)Cn2c(C(F)(F)F)nc3ccccc32)C1. The van der Waals surface area contributed by atoms with Gasteiger partial charge in [-0.05, 0) is 25.0 Å². The van der Waals surface area contributed by atoms with E-state index in [1.807, 2.05) is 0 Å². The maximum absolute atomic E-state index is 13.3. The van der Waals surface area contributed by atoms with Crippen LogP contribution < -0.4 is 10.9 Å². The molecule has 8 nitrogen and oxygen atoms in total. The first-order valence-electron chi connectivity index (χ1n) is 9.03. The van der Waals surface area contributed by atoms with Crippen molar-refractivity contribution < 1.29 is 27.6 Å². The lowest BCUT2D eigenvalue weighted by molar-refractivity contribution is -0.147. The highest BCUT2D eigenvalue weighted by molar-refractivity contribution is 5.85. The van der Waals surface area contributed by atoms with E-state index in [4.69, 9.17) is 0 Å². The molecule has 1 aliphatic heterocycles. The summed E-state index contributed by atoms with van der Waals surface area (Å²) in [6.45, 7) is 1.55. The zero-order chi connectivity index (χ0) is 21.2. The third-order valence-electron chi connectivity index (χ3n) is 4.77. The standard InChI is InChI=1S/C18H20F3N5O3/c1-11(27)25-8-4-5-12(9-25)16(29)24-23-15(28)10-26-14-7-3-2-6-13(14)22-17(26)18(19,20)21/h2-3,6-7,12H,4-5,8-10H2,1H3,(H,23,28)(H,24,29)/t12-/m1/s1. The van der Waals surface area contributed by atoms with Crippen molar-refractivity contribution in [3.05, 3.63) is 30.1 Å². The van der Waals surface area contributed by atoms with Crippen molar-refractivity contribution in [2.45, 2.75) is 32.5 Å². The van der Waals surface area contributed by atoms with E-state index in [0.29, 0.717) is 19.4 Å². The summed E-state index contributed by atoms with van der Waals surface area (Å²) in [5.74, 6) is -3.14. The van der Waals surface area contributed by atoms with E-state index in [1.165, 1.54) is 19.1 Å². The van der Waals surface area contributed by atoms with Crippen LogP contribution in [0, 0.1) is 5.92 Å². The highest BCUT2D eigenvalue weighted by Gasteiger charge is 2.38. The predicted molar refractivity (Wildman–Crippen MR) is 96.0 cm³/mol. The van der Waals surface area contributed by atoms with Gasteiger partial charge < -0.3 is 9.47 Å². The summed E-state index contributed by atoms with van der Waals surface area (Å²) in [4.78, 5) is 41.0. The fourth-order valence-corrected chi connectivity index (χ4v) is 3.35. The summed E-state index contributed by atoms with van der Waals surface area (Å²) in [7, 11) is 0. The second kappa shape index (κ2) is 8.10. The van der Waals surface area contributed by atoms with Crippen LogP contribution >= 0.6 is 0 Å². The van der Waals surface area contributed by atoms with Crippen LogP contribution in [0.25, 0.3) is 11.0 Å². The molecule has 1 aromatic carbocycles. The van der Waals surface area contributed by atoms with E-state index >= 15 is 0 Å². The Kier molecular flexibility index (Phi) is 5.76. The van der Waals surface area contributed by atoms with E-state index in [2.05, 4.69) is 15.8 Å². The zero-order valence-electron chi connectivity index (χ0n) is 15.6. The lowest BCUT2D eigenvalue weighted by Crippen LogP contribution is -2.50. The summed E-state index contributed by atoms with van der Waals surface area (Å²) in [5.41, 5.74) is 4.66. The van der Waals surface area contributed by atoms with E-state index in [9.17, 15) is 27.6 Å². The summed E-state index contributed by atoms with van der Waals surface area (Å²) in [6, 6.07) is 5.95. The molecule has 1 fully saturated rings. The molecule has 0 aliphatic carbocycles. The molecule has 2 heterocycles. The Bertz CT molecular complexity index is 940. The number of hydrogen-bond acceptors (Lipinski definition) is 4. The van der Waals surface area contributed by atoms with Crippen molar-refractivity contribution in [1.82, 2.24) is 25.3 Å². The Morgan fingerprint density at radius 3 is 2.62 bits per heavy atom. The van der Waals surface area contributed by atoms with Crippen molar-refractivity contribution in [3.63, 3.8) is 0 Å². The van der Waals surface area contributed by atoms with Gasteiger partial charge in [0.25, 0.3) is 5.91 Å². The molecule has 1 aliphatic rings. The molecule has 3 rings (SSSR count). The predicted octanol–water partition coefficient (Wildman–Crippen LogP) is 1.46. The number of aromatic nitrogens is 2. The van der Waals surface area contributed by atoms with Gasteiger partial charge in [-0.25, -0.2) is 4.98 Å². The van der Waals surface area contributed by atoms with Crippen molar-refractivity contribution in [2.24, 2.45) is 5.92 Å². The van der Waals surface area contributed by atoms with E-state index in [0.717, 1.165) is 4.57 Å². The number of piperidine rings is 1. The molecule has 1 atom stereocenters. The molecule has 1 saturated heterocycles. The van der Waals surface area contributed by atoms with Crippen LogP contribution in [0.3, 0.4) is 0 Å². The number of amides is 3. The maximum atomic E-state index is 13.3. The molecule has 0 bridgehead atoms. The van der Waals surface area contributed by atoms with Gasteiger partial charge in [-0.3, -0.25) is 25.2 Å². The normalized spacial score (nSPS) is 17.2. The number of carbonyl (C=O) groups is 3. The Hall–Kier alpha value is -3.11. The van der Waals surface area contributed by atoms with E-state index in [1.54, 1.807) is 17.0 Å². The summed E-state index contributed by atoms with van der Waals surface area (Å²) in [5, 5.41) is 0. The molecule has 11 heteroatoms. The number of alkyl halides is 3. The highest BCUT2D eigenvalue weighted by Crippen LogP contribution is 2.31. The number of rotatable bonds is 3. The van der Waals surface area contributed by atoms with Gasteiger partial charge >= 0.3 is 6.18 Å². The van der Waals surface area contributed by atoms with Crippen LogP contribution in [0.1, 0.15) is 25.6 Å². The van der Waals surface area contributed by atoms with Gasteiger partial charge in [0, 0.05) is 20.0 Å². The van der Waals surface area contributed by atoms with Gasteiger partial charge in [0.2, 0.25) is 17.6 Å². The first kappa shape index (κ1) is 20.6. The second-order valence-electron chi connectivity index (χ2n) is 6.85. The van der Waals surface area contributed by atoms with Crippen LogP contribution in [0.2, 0.25) is 0 Å². The lowest BCUT2D eigenvalue weighted by atomic mass is 9.97. The first-order valence-corrected chi connectivity index (χ1v) is 9.03. The number of nitrogens with zero attached hydrogens (tertiary/aromatic N) is 3. The average Bonchev–Trinajstić information content (AvgIpc) is 3.05. The van der Waals surface area contributed by atoms with Gasteiger partial charge in [-0.15, -0.1) is 0 Å². The van der Waals surface area contributed by atoms with Crippen molar-refractivity contribution in [3.8, 4) is 0 Å². The topological polar surface area (TPSA) is 96.3 Å².